The van der Waals surface area contributed by atoms with Crippen LogP contribution in [0.5, 0.6) is 0 Å². The maximum Gasteiger partial charge on any atom is 0.217 e. The first-order chi connectivity index (χ1) is 19.4. The Kier molecular flexibility index (Phi) is 7.91. The molecule has 5 aromatic carbocycles. The molecule has 0 unspecified atom stereocenters. The molecular weight excluding hydrogens is 497 g/mol. The molecule has 3 nitrogen and oxygen atoms in total. The molecule has 0 aliphatic carbocycles. The second-order valence-electron chi connectivity index (χ2n) is 9.47. The number of benzene rings is 5. The summed E-state index contributed by atoms with van der Waals surface area (Å²) >= 11 is 0. The fourth-order valence-corrected chi connectivity index (χ4v) is 7.38. The Morgan fingerprint density at radius 1 is 0.615 bits per heavy atom. The lowest BCUT2D eigenvalue weighted by Gasteiger charge is -2.22. The summed E-state index contributed by atoms with van der Waals surface area (Å²) in [6, 6.07) is 50.6. The van der Waals surface area contributed by atoms with Gasteiger partial charge in [-0.25, -0.2) is 4.99 Å². The smallest absolute Gasteiger partial charge is 0.217 e. The monoisotopic (exact) mass is 527 g/mol. The molecule has 0 spiro atoms. The largest absolute Gasteiger partial charge is 0.469 e. The Bertz CT molecular complexity index is 1470. The van der Waals surface area contributed by atoms with Crippen molar-refractivity contribution in [2.24, 2.45) is 4.99 Å². The zero-order chi connectivity index (χ0) is 26.3. The fraction of sp³-hybridized carbons (Fsp3) is 0.114. The van der Waals surface area contributed by atoms with Crippen molar-refractivity contribution in [1.82, 2.24) is 0 Å². The van der Waals surface area contributed by atoms with Crippen LogP contribution in [0.1, 0.15) is 22.7 Å². The fourth-order valence-electron chi connectivity index (χ4n) is 4.94. The highest BCUT2D eigenvalue weighted by Crippen LogP contribution is 2.37. The van der Waals surface area contributed by atoms with Gasteiger partial charge in [0.05, 0.1) is 13.2 Å². The van der Waals surface area contributed by atoms with Crippen LogP contribution >= 0.6 is 7.92 Å². The van der Waals surface area contributed by atoms with Crippen molar-refractivity contribution in [3.05, 3.63) is 162 Å². The van der Waals surface area contributed by atoms with Gasteiger partial charge in [0.15, 0.2) is 6.10 Å². The van der Waals surface area contributed by atoms with E-state index < -0.39 is 7.92 Å². The minimum Gasteiger partial charge on any atom is -0.469 e. The molecule has 39 heavy (non-hydrogen) atoms. The molecule has 0 fully saturated rings. The summed E-state index contributed by atoms with van der Waals surface area (Å²) in [4.78, 5) is 5.19. The summed E-state index contributed by atoms with van der Waals surface area (Å²) in [5.41, 5.74) is 3.32. The maximum absolute atomic E-state index is 6.65. The molecule has 0 saturated heterocycles. The molecule has 1 heterocycles. The van der Waals surface area contributed by atoms with E-state index in [1.165, 1.54) is 15.9 Å². The summed E-state index contributed by atoms with van der Waals surface area (Å²) in [7, 11) is -0.799. The summed E-state index contributed by atoms with van der Waals surface area (Å²) in [6.07, 6.45) is -0.209. The lowest BCUT2D eigenvalue weighted by molar-refractivity contribution is 0.0356. The van der Waals surface area contributed by atoms with Gasteiger partial charge < -0.3 is 9.47 Å². The molecule has 0 aromatic heterocycles. The molecular formula is C35H30NO2P. The zero-order valence-corrected chi connectivity index (χ0v) is 22.5. The first-order valence-electron chi connectivity index (χ1n) is 13.3. The van der Waals surface area contributed by atoms with Gasteiger partial charge in [0.1, 0.15) is 6.04 Å². The Hall–Kier alpha value is -4.04. The van der Waals surface area contributed by atoms with E-state index in [1.54, 1.807) is 0 Å². The van der Waals surface area contributed by atoms with E-state index in [2.05, 4.69) is 121 Å². The molecule has 0 bridgehead atoms. The molecule has 1 aliphatic rings. The van der Waals surface area contributed by atoms with Gasteiger partial charge in [0.25, 0.3) is 0 Å². The topological polar surface area (TPSA) is 30.8 Å². The van der Waals surface area contributed by atoms with Crippen LogP contribution in [0.4, 0.5) is 0 Å². The van der Waals surface area contributed by atoms with Crippen LogP contribution in [0.3, 0.4) is 0 Å². The summed E-state index contributed by atoms with van der Waals surface area (Å²) < 4.78 is 12.8. The van der Waals surface area contributed by atoms with Gasteiger partial charge in [-0.3, -0.25) is 0 Å². The molecule has 2 atom stereocenters. The molecule has 1 aliphatic heterocycles. The highest BCUT2D eigenvalue weighted by molar-refractivity contribution is 7.80. The van der Waals surface area contributed by atoms with Crippen LogP contribution in [0.15, 0.2) is 151 Å². The van der Waals surface area contributed by atoms with Gasteiger partial charge in [-0.05, 0) is 41.0 Å². The molecule has 6 rings (SSSR count). The lowest BCUT2D eigenvalue weighted by atomic mass is 10.0. The van der Waals surface area contributed by atoms with E-state index in [1.807, 2.05) is 24.3 Å². The van der Waals surface area contributed by atoms with Crippen LogP contribution in [0, 0.1) is 0 Å². The number of rotatable bonds is 9. The molecule has 0 amide bonds. The first-order valence-corrected chi connectivity index (χ1v) is 14.6. The van der Waals surface area contributed by atoms with Gasteiger partial charge in [-0.15, -0.1) is 0 Å². The molecule has 4 heteroatoms. The quantitative estimate of drug-likeness (QED) is 0.204. The lowest BCUT2D eigenvalue weighted by Crippen LogP contribution is -2.27. The third-order valence-corrected chi connectivity index (χ3v) is 9.31. The number of aliphatic imine (C=N–C) groups is 1. The van der Waals surface area contributed by atoms with Crippen LogP contribution in [0.2, 0.25) is 0 Å². The van der Waals surface area contributed by atoms with E-state index in [0.29, 0.717) is 19.1 Å². The van der Waals surface area contributed by atoms with Gasteiger partial charge in [0.2, 0.25) is 5.90 Å². The van der Waals surface area contributed by atoms with Gasteiger partial charge >= 0.3 is 0 Å². The maximum atomic E-state index is 6.65. The average molecular weight is 528 g/mol. The van der Waals surface area contributed by atoms with Crippen molar-refractivity contribution in [1.29, 1.82) is 0 Å². The van der Waals surface area contributed by atoms with E-state index >= 15 is 0 Å². The van der Waals surface area contributed by atoms with Crippen molar-refractivity contribution < 1.29 is 9.47 Å². The van der Waals surface area contributed by atoms with E-state index in [-0.39, 0.29) is 12.1 Å². The molecule has 0 saturated carbocycles. The predicted octanol–water partition coefficient (Wildman–Crippen LogP) is 6.55. The number of nitrogens with zero attached hydrogens (tertiary/aromatic N) is 1. The Balaban J connectivity index is 1.35. The van der Waals surface area contributed by atoms with Gasteiger partial charge in [-0.2, -0.15) is 0 Å². The molecule has 5 aromatic rings. The zero-order valence-electron chi connectivity index (χ0n) is 21.6. The van der Waals surface area contributed by atoms with Crippen molar-refractivity contribution in [3.8, 4) is 0 Å². The van der Waals surface area contributed by atoms with Gasteiger partial charge in [-0.1, -0.05) is 140 Å². The third-order valence-electron chi connectivity index (χ3n) is 6.81. The number of ether oxygens (including phenoxy) is 2. The second kappa shape index (κ2) is 12.2. The van der Waals surface area contributed by atoms with Crippen LogP contribution < -0.4 is 15.9 Å². The van der Waals surface area contributed by atoms with Crippen molar-refractivity contribution in [2.45, 2.75) is 18.8 Å². The average Bonchev–Trinajstić information content (AvgIpc) is 3.44. The molecule has 192 valence electrons. The third kappa shape index (κ3) is 5.86. The standard InChI is InChI=1S/C35H30NO2P/c1-5-15-27(16-6-1)25-37-26-32-34(28-17-7-2-8-18-28)36-35(38-32)31-23-13-14-24-33(31)39(29-19-9-3-10-20-29)30-21-11-4-12-22-30/h1-24,32,34H,25-26H2/t32-,34-/m1/s1. The normalized spacial score (nSPS) is 16.6. The van der Waals surface area contributed by atoms with Crippen molar-refractivity contribution in [3.63, 3.8) is 0 Å². The van der Waals surface area contributed by atoms with Crippen molar-refractivity contribution in [2.75, 3.05) is 6.61 Å². The van der Waals surface area contributed by atoms with Gasteiger partial charge in [0, 0.05) is 5.56 Å². The minimum atomic E-state index is -0.799. The van der Waals surface area contributed by atoms with E-state index in [9.17, 15) is 0 Å². The molecule has 0 N–H and O–H groups in total. The Morgan fingerprint density at radius 3 is 1.79 bits per heavy atom. The Labute approximate surface area is 231 Å². The first kappa shape index (κ1) is 25.2. The SMILES string of the molecule is c1ccc(COC[C@H]2OC(c3ccccc3P(c3ccccc3)c3ccccc3)=N[C@@H]2c2ccccc2)cc1. The predicted molar refractivity (Wildman–Crippen MR) is 162 cm³/mol. The highest BCUT2D eigenvalue weighted by atomic mass is 31.1. The number of hydrogen-bond donors (Lipinski definition) is 0. The Morgan fingerprint density at radius 2 is 1.15 bits per heavy atom. The summed E-state index contributed by atoms with van der Waals surface area (Å²) in [6.45, 7) is 0.997. The van der Waals surface area contributed by atoms with Crippen LogP contribution in [-0.2, 0) is 16.1 Å². The second-order valence-corrected chi connectivity index (χ2v) is 11.7. The minimum absolute atomic E-state index is 0.135. The number of hydrogen-bond acceptors (Lipinski definition) is 3. The van der Waals surface area contributed by atoms with Crippen LogP contribution in [-0.4, -0.2) is 18.6 Å². The van der Waals surface area contributed by atoms with E-state index in [4.69, 9.17) is 14.5 Å². The summed E-state index contributed by atoms with van der Waals surface area (Å²) in [5, 5.41) is 3.83. The molecule has 0 radical (unpaired) electrons. The van der Waals surface area contributed by atoms with Crippen molar-refractivity contribution >= 4 is 29.7 Å². The highest BCUT2D eigenvalue weighted by Gasteiger charge is 2.34. The van der Waals surface area contributed by atoms with Crippen LogP contribution in [0.25, 0.3) is 0 Å². The van der Waals surface area contributed by atoms with E-state index in [0.717, 1.165) is 16.7 Å². The summed E-state index contributed by atoms with van der Waals surface area (Å²) in [5.74, 6) is 0.687.